The van der Waals surface area contributed by atoms with Crippen molar-refractivity contribution in [2.24, 2.45) is 16.6 Å². The molecule has 0 saturated heterocycles. The lowest BCUT2D eigenvalue weighted by molar-refractivity contribution is -0.0980. The standard InChI is InChI=1S/C7H9NO2S.CH4N2O.CH2O/c1-6-4-2-3-5-7(6)11(8,9)10;2-1(3)4;1-2/h2-5H,1H3,(H2,8,9,10);(H4,2,3,4);1H2. The van der Waals surface area contributed by atoms with Crippen LogP contribution < -0.4 is 16.6 Å². The van der Waals surface area contributed by atoms with Crippen molar-refractivity contribution < 1.29 is 18.0 Å². The van der Waals surface area contributed by atoms with Crippen molar-refractivity contribution in [2.45, 2.75) is 11.8 Å². The number of rotatable bonds is 1. The number of hydrogen-bond donors (Lipinski definition) is 3. The van der Waals surface area contributed by atoms with E-state index >= 15 is 0 Å². The van der Waals surface area contributed by atoms with Crippen LogP contribution in [0.25, 0.3) is 0 Å². The molecule has 6 N–H and O–H groups in total. The van der Waals surface area contributed by atoms with Gasteiger partial charge in [-0.2, -0.15) is 0 Å². The van der Waals surface area contributed by atoms with Gasteiger partial charge in [-0.05, 0) is 18.6 Å². The average molecular weight is 261 g/mol. The molecule has 0 aliphatic rings. The van der Waals surface area contributed by atoms with Gasteiger partial charge in [0.25, 0.3) is 0 Å². The summed E-state index contributed by atoms with van der Waals surface area (Å²) in [7, 11) is -3.53. The Hall–Kier alpha value is -1.93. The molecule has 0 bridgehead atoms. The summed E-state index contributed by atoms with van der Waals surface area (Å²) in [6.07, 6.45) is 0. The Morgan fingerprint density at radius 2 is 1.53 bits per heavy atom. The molecule has 0 unspecified atom stereocenters. The van der Waals surface area contributed by atoms with Crippen LogP contribution in [0.3, 0.4) is 0 Å². The number of benzene rings is 1. The zero-order chi connectivity index (χ0) is 14.1. The van der Waals surface area contributed by atoms with E-state index < -0.39 is 16.1 Å². The molecule has 0 aromatic heterocycles. The number of sulfonamides is 1. The molecule has 8 heteroatoms. The normalized spacial score (nSPS) is 9.06. The third kappa shape index (κ3) is 9.03. The van der Waals surface area contributed by atoms with E-state index in [-0.39, 0.29) is 4.90 Å². The van der Waals surface area contributed by atoms with Crippen LogP contribution in [-0.4, -0.2) is 21.2 Å². The van der Waals surface area contributed by atoms with E-state index in [1.165, 1.54) is 6.07 Å². The summed E-state index contributed by atoms with van der Waals surface area (Å²) in [6.45, 7) is 3.71. The molecule has 0 saturated carbocycles. The predicted molar refractivity (Wildman–Crippen MR) is 63.4 cm³/mol. The first-order valence-electron chi connectivity index (χ1n) is 4.17. The number of hydrogen-bond acceptors (Lipinski definition) is 4. The first kappa shape index (κ1) is 17.5. The molecule has 0 radical (unpaired) electrons. The van der Waals surface area contributed by atoms with Crippen molar-refractivity contribution in [3.05, 3.63) is 29.8 Å². The molecule has 0 spiro atoms. The molecule has 1 rings (SSSR count). The first-order valence-corrected chi connectivity index (χ1v) is 5.72. The minimum atomic E-state index is -3.53. The number of primary amides is 2. The fourth-order valence-corrected chi connectivity index (χ4v) is 1.66. The van der Waals surface area contributed by atoms with Gasteiger partial charge in [0, 0.05) is 0 Å². The molecule has 0 aliphatic carbocycles. The highest BCUT2D eigenvalue weighted by Gasteiger charge is 2.08. The van der Waals surface area contributed by atoms with Crippen molar-refractivity contribution >= 4 is 22.8 Å². The SMILES string of the molecule is C=O.Cc1ccccc1S(N)(=O)=O.NC(N)=O. The Bertz CT molecular complexity index is 455. The van der Waals surface area contributed by atoms with Gasteiger partial charge in [0.05, 0.1) is 4.90 Å². The lowest BCUT2D eigenvalue weighted by Gasteiger charge is -2.00. The number of urea groups is 1. The fraction of sp³-hybridized carbons (Fsp3) is 0.111. The molecule has 0 heterocycles. The van der Waals surface area contributed by atoms with E-state index in [9.17, 15) is 8.42 Å². The Morgan fingerprint density at radius 3 is 1.76 bits per heavy atom. The van der Waals surface area contributed by atoms with Crippen molar-refractivity contribution in [1.82, 2.24) is 0 Å². The van der Waals surface area contributed by atoms with Crippen molar-refractivity contribution in [2.75, 3.05) is 0 Å². The topological polar surface area (TPSA) is 146 Å². The molecule has 7 nitrogen and oxygen atoms in total. The second-order valence-electron chi connectivity index (χ2n) is 2.71. The minimum absolute atomic E-state index is 0.194. The van der Waals surface area contributed by atoms with Crippen LogP contribution in [0, 0.1) is 6.92 Å². The van der Waals surface area contributed by atoms with Crippen LogP contribution in [-0.2, 0) is 14.8 Å². The van der Waals surface area contributed by atoms with Crippen LogP contribution in [0.1, 0.15) is 5.56 Å². The van der Waals surface area contributed by atoms with Crippen molar-refractivity contribution in [3.8, 4) is 0 Å². The molecule has 96 valence electrons. The maximum absolute atomic E-state index is 10.8. The Kier molecular flexibility index (Phi) is 8.47. The van der Waals surface area contributed by atoms with Gasteiger partial charge in [-0.15, -0.1) is 0 Å². The predicted octanol–water partition coefficient (Wildman–Crippen LogP) is -0.519. The van der Waals surface area contributed by atoms with Gasteiger partial charge in [-0.1, -0.05) is 18.2 Å². The number of amides is 2. The molecule has 2 amide bonds. The minimum Gasteiger partial charge on any atom is -0.352 e. The third-order valence-electron chi connectivity index (χ3n) is 1.40. The second kappa shape index (κ2) is 8.25. The van der Waals surface area contributed by atoms with E-state index in [4.69, 9.17) is 14.7 Å². The van der Waals surface area contributed by atoms with Gasteiger partial charge >= 0.3 is 6.03 Å². The number of carbonyl (C=O) groups is 2. The Morgan fingerprint density at radius 1 is 1.18 bits per heavy atom. The van der Waals surface area contributed by atoms with E-state index in [2.05, 4.69) is 11.5 Å². The zero-order valence-electron chi connectivity index (χ0n) is 9.29. The van der Waals surface area contributed by atoms with Gasteiger partial charge in [-0.3, -0.25) is 0 Å². The monoisotopic (exact) mass is 261 g/mol. The van der Waals surface area contributed by atoms with Gasteiger partial charge in [0.1, 0.15) is 6.79 Å². The maximum Gasteiger partial charge on any atom is 0.309 e. The summed E-state index contributed by atoms with van der Waals surface area (Å²) < 4.78 is 21.7. The van der Waals surface area contributed by atoms with Gasteiger partial charge in [0.15, 0.2) is 0 Å². The average Bonchev–Trinajstić information content (AvgIpc) is 2.19. The number of aryl methyl sites for hydroxylation is 1. The smallest absolute Gasteiger partial charge is 0.309 e. The molecule has 0 aliphatic heterocycles. The summed E-state index contributed by atoms with van der Waals surface area (Å²) in [5.74, 6) is 0. The summed E-state index contributed by atoms with van der Waals surface area (Å²) in [5, 5.41) is 4.93. The number of nitrogens with two attached hydrogens (primary N) is 3. The van der Waals surface area contributed by atoms with Crippen LogP contribution in [0.15, 0.2) is 29.2 Å². The number of carbonyl (C=O) groups excluding carboxylic acids is 2. The van der Waals surface area contributed by atoms with Crippen molar-refractivity contribution in [1.29, 1.82) is 0 Å². The zero-order valence-corrected chi connectivity index (χ0v) is 10.1. The van der Waals surface area contributed by atoms with E-state index in [1.54, 1.807) is 25.1 Å². The van der Waals surface area contributed by atoms with Crippen LogP contribution in [0.2, 0.25) is 0 Å². The highest BCUT2D eigenvalue weighted by atomic mass is 32.2. The molecular weight excluding hydrogens is 246 g/mol. The Labute approximate surface area is 99.6 Å². The highest BCUT2D eigenvalue weighted by Crippen LogP contribution is 2.10. The molecule has 17 heavy (non-hydrogen) atoms. The lowest BCUT2D eigenvalue weighted by atomic mass is 10.2. The second-order valence-corrected chi connectivity index (χ2v) is 4.24. The number of primary sulfonamides is 1. The lowest BCUT2D eigenvalue weighted by Crippen LogP contribution is -2.18. The third-order valence-corrected chi connectivity index (χ3v) is 2.47. The van der Waals surface area contributed by atoms with Gasteiger partial charge in [0.2, 0.25) is 10.0 Å². The van der Waals surface area contributed by atoms with E-state index in [0.29, 0.717) is 5.56 Å². The summed E-state index contributed by atoms with van der Waals surface area (Å²) in [5.41, 5.74) is 9.18. The van der Waals surface area contributed by atoms with E-state index in [1.807, 2.05) is 6.79 Å². The molecule has 1 aromatic carbocycles. The first-order chi connectivity index (χ1) is 7.75. The summed E-state index contributed by atoms with van der Waals surface area (Å²) in [6, 6.07) is 5.78. The van der Waals surface area contributed by atoms with Crippen LogP contribution >= 0.6 is 0 Å². The fourth-order valence-electron chi connectivity index (χ4n) is 0.876. The maximum atomic E-state index is 10.8. The molecule has 0 atom stereocenters. The van der Waals surface area contributed by atoms with Gasteiger partial charge < -0.3 is 16.3 Å². The van der Waals surface area contributed by atoms with Crippen molar-refractivity contribution in [3.63, 3.8) is 0 Å². The quantitative estimate of drug-likeness (QED) is 0.624. The molecular formula is C9H15N3O4S. The van der Waals surface area contributed by atoms with Crippen LogP contribution in [0.5, 0.6) is 0 Å². The summed E-state index contributed by atoms with van der Waals surface area (Å²) >= 11 is 0. The Balaban J connectivity index is 0. The molecule has 1 aromatic rings. The highest BCUT2D eigenvalue weighted by molar-refractivity contribution is 7.89. The van der Waals surface area contributed by atoms with Gasteiger partial charge in [-0.25, -0.2) is 18.4 Å². The van der Waals surface area contributed by atoms with E-state index in [0.717, 1.165) is 0 Å². The largest absolute Gasteiger partial charge is 0.352 e. The summed E-state index contributed by atoms with van der Waals surface area (Å²) in [4.78, 5) is 17.2. The molecule has 0 fully saturated rings. The van der Waals surface area contributed by atoms with Crippen LogP contribution in [0.4, 0.5) is 4.79 Å².